The zero-order valence-corrected chi connectivity index (χ0v) is 15.7. The number of nitrogens with one attached hydrogen (secondary N) is 1. The molecule has 0 saturated heterocycles. The Morgan fingerprint density at radius 3 is 2.85 bits per heavy atom. The minimum absolute atomic E-state index is 0.177. The van der Waals surface area contributed by atoms with Crippen LogP contribution in [-0.2, 0) is 11.8 Å². The summed E-state index contributed by atoms with van der Waals surface area (Å²) < 4.78 is 7.18. The van der Waals surface area contributed by atoms with E-state index in [0.29, 0.717) is 5.71 Å². The van der Waals surface area contributed by atoms with Crippen molar-refractivity contribution in [2.75, 3.05) is 12.9 Å². The van der Waals surface area contributed by atoms with E-state index in [-0.39, 0.29) is 11.7 Å². The number of hydrazone groups is 1. The summed E-state index contributed by atoms with van der Waals surface area (Å²) in [7, 11) is 3.56. The fourth-order valence-corrected chi connectivity index (χ4v) is 3.25. The Kier molecular flexibility index (Phi) is 5.58. The molecule has 0 aliphatic rings. The Balaban J connectivity index is 1.60. The number of thioether (sulfide) groups is 1. The number of methoxy groups -OCH3 is 1. The highest BCUT2D eigenvalue weighted by Crippen LogP contribution is 2.22. The average molecular weight is 368 g/mol. The Morgan fingerprint density at radius 2 is 2.08 bits per heavy atom. The topological polar surface area (TPSA) is 68.5 Å². The first-order valence-corrected chi connectivity index (χ1v) is 9.09. The van der Waals surface area contributed by atoms with Crippen molar-refractivity contribution in [2.24, 2.45) is 12.1 Å². The van der Waals surface area contributed by atoms with E-state index in [1.54, 1.807) is 7.11 Å². The van der Waals surface area contributed by atoms with Crippen LogP contribution in [0, 0.1) is 0 Å². The van der Waals surface area contributed by atoms with E-state index in [2.05, 4.69) is 15.5 Å². The van der Waals surface area contributed by atoms with E-state index >= 15 is 0 Å². The molecule has 134 valence electrons. The molecule has 1 amide bonds. The van der Waals surface area contributed by atoms with E-state index in [4.69, 9.17) is 4.74 Å². The second-order valence-electron chi connectivity index (χ2n) is 5.69. The van der Waals surface area contributed by atoms with E-state index in [0.717, 1.165) is 27.5 Å². The molecule has 0 spiro atoms. The highest BCUT2D eigenvalue weighted by molar-refractivity contribution is 7.99. The molecule has 1 aromatic heterocycles. The lowest BCUT2D eigenvalue weighted by Crippen LogP contribution is -2.21. The lowest BCUT2D eigenvalue weighted by Gasteiger charge is -2.05. The maximum Gasteiger partial charge on any atom is 0.250 e. The zero-order chi connectivity index (χ0) is 18.5. The molecule has 3 rings (SSSR count). The van der Waals surface area contributed by atoms with Crippen molar-refractivity contribution in [1.29, 1.82) is 0 Å². The quantitative estimate of drug-likeness (QED) is 0.412. The number of amides is 1. The first kappa shape index (κ1) is 18.0. The van der Waals surface area contributed by atoms with Gasteiger partial charge in [0, 0.05) is 12.6 Å². The summed E-state index contributed by atoms with van der Waals surface area (Å²) in [6.07, 6.45) is 0. The summed E-state index contributed by atoms with van der Waals surface area (Å²) in [6.45, 7) is 1.84. The SMILES string of the molecule is COc1cccc(C(C)=NNC(=O)CSc2nc3ccccc3n2C)c1. The number of nitrogens with zero attached hydrogens (tertiary/aromatic N) is 3. The van der Waals surface area contributed by atoms with Gasteiger partial charge in [-0.1, -0.05) is 36.0 Å². The van der Waals surface area contributed by atoms with Gasteiger partial charge in [-0.15, -0.1) is 0 Å². The van der Waals surface area contributed by atoms with Crippen LogP contribution in [0.15, 0.2) is 58.8 Å². The Bertz CT molecular complexity index is 965. The predicted molar refractivity (Wildman–Crippen MR) is 105 cm³/mol. The molecule has 0 atom stereocenters. The molecule has 0 aliphatic heterocycles. The lowest BCUT2D eigenvalue weighted by atomic mass is 10.1. The number of fused-ring (bicyclic) bond motifs is 1. The molecule has 0 radical (unpaired) electrons. The molecule has 0 saturated carbocycles. The third kappa shape index (κ3) is 4.05. The number of benzene rings is 2. The van der Waals surface area contributed by atoms with Crippen LogP contribution >= 0.6 is 11.8 Å². The minimum Gasteiger partial charge on any atom is -0.497 e. The van der Waals surface area contributed by atoms with E-state index in [1.165, 1.54) is 11.8 Å². The second kappa shape index (κ2) is 8.05. The van der Waals surface area contributed by atoms with Gasteiger partial charge in [-0.2, -0.15) is 5.10 Å². The molecule has 0 aliphatic carbocycles. The number of carbonyl (C=O) groups excluding carboxylic acids is 1. The summed E-state index contributed by atoms with van der Waals surface area (Å²) in [4.78, 5) is 16.6. The molecule has 26 heavy (non-hydrogen) atoms. The second-order valence-corrected chi connectivity index (χ2v) is 6.64. The maximum atomic E-state index is 12.1. The maximum absolute atomic E-state index is 12.1. The number of aromatic nitrogens is 2. The molecule has 1 N–H and O–H groups in total. The minimum atomic E-state index is -0.177. The van der Waals surface area contributed by atoms with Crippen LogP contribution in [0.5, 0.6) is 5.75 Å². The number of rotatable bonds is 6. The van der Waals surface area contributed by atoms with Crippen molar-refractivity contribution in [1.82, 2.24) is 15.0 Å². The van der Waals surface area contributed by atoms with E-state index in [9.17, 15) is 4.79 Å². The standard InChI is InChI=1S/C19H20N4O2S/c1-13(14-7-6-8-15(11-14)25-3)21-22-18(24)12-26-19-20-16-9-4-5-10-17(16)23(19)2/h4-11H,12H2,1-3H3,(H,22,24). The van der Waals surface area contributed by atoms with Gasteiger partial charge in [0.05, 0.1) is 29.6 Å². The third-order valence-electron chi connectivity index (χ3n) is 3.91. The van der Waals surface area contributed by atoms with Gasteiger partial charge in [-0.25, -0.2) is 10.4 Å². The van der Waals surface area contributed by atoms with Crippen LogP contribution in [0.3, 0.4) is 0 Å². The molecule has 0 unspecified atom stereocenters. The molecule has 2 aromatic carbocycles. The fraction of sp³-hybridized carbons (Fsp3) is 0.211. The fourth-order valence-electron chi connectivity index (χ4n) is 2.47. The van der Waals surface area contributed by atoms with Gasteiger partial charge in [-0.05, 0) is 31.2 Å². The predicted octanol–water partition coefficient (Wildman–Crippen LogP) is 3.21. The van der Waals surface area contributed by atoms with Crippen LogP contribution in [-0.4, -0.2) is 34.0 Å². The first-order chi connectivity index (χ1) is 12.6. The molecule has 1 heterocycles. The Hall–Kier alpha value is -2.80. The molecule has 6 nitrogen and oxygen atoms in total. The zero-order valence-electron chi connectivity index (χ0n) is 14.9. The van der Waals surface area contributed by atoms with Gasteiger partial charge >= 0.3 is 0 Å². The van der Waals surface area contributed by atoms with Crippen molar-refractivity contribution >= 4 is 34.4 Å². The van der Waals surface area contributed by atoms with Crippen LogP contribution in [0.4, 0.5) is 0 Å². The summed E-state index contributed by atoms with van der Waals surface area (Å²) in [6, 6.07) is 15.4. The number of imidazole rings is 1. The Morgan fingerprint density at radius 1 is 1.27 bits per heavy atom. The van der Waals surface area contributed by atoms with Gasteiger partial charge in [0.2, 0.25) is 0 Å². The number of para-hydroxylation sites is 2. The van der Waals surface area contributed by atoms with Crippen molar-refractivity contribution in [3.63, 3.8) is 0 Å². The molecule has 7 heteroatoms. The van der Waals surface area contributed by atoms with Crippen molar-refractivity contribution in [3.8, 4) is 5.75 Å². The highest BCUT2D eigenvalue weighted by Gasteiger charge is 2.10. The van der Waals surface area contributed by atoms with Gasteiger partial charge < -0.3 is 9.30 Å². The summed E-state index contributed by atoms with van der Waals surface area (Å²) >= 11 is 1.38. The van der Waals surface area contributed by atoms with Crippen LogP contribution in [0.1, 0.15) is 12.5 Å². The van der Waals surface area contributed by atoms with Crippen LogP contribution in [0.25, 0.3) is 11.0 Å². The molecular formula is C19H20N4O2S. The number of hydrogen-bond donors (Lipinski definition) is 1. The van der Waals surface area contributed by atoms with Gasteiger partial charge in [0.15, 0.2) is 5.16 Å². The first-order valence-electron chi connectivity index (χ1n) is 8.10. The molecule has 3 aromatic rings. The van der Waals surface area contributed by atoms with Crippen molar-refractivity contribution in [3.05, 3.63) is 54.1 Å². The van der Waals surface area contributed by atoms with E-state index in [1.807, 2.05) is 67.1 Å². The highest BCUT2D eigenvalue weighted by atomic mass is 32.2. The van der Waals surface area contributed by atoms with Crippen molar-refractivity contribution in [2.45, 2.75) is 12.1 Å². The monoisotopic (exact) mass is 368 g/mol. The van der Waals surface area contributed by atoms with E-state index < -0.39 is 0 Å². The molecule has 0 fully saturated rings. The number of carbonyl (C=O) groups is 1. The molecule has 0 bridgehead atoms. The Labute approximate surface area is 156 Å². The summed E-state index contributed by atoms with van der Waals surface area (Å²) in [5.41, 5.74) is 6.17. The lowest BCUT2D eigenvalue weighted by molar-refractivity contribution is -0.118. The normalized spacial score (nSPS) is 11.6. The number of aryl methyl sites for hydroxylation is 1. The summed E-state index contributed by atoms with van der Waals surface area (Å²) in [5.74, 6) is 0.816. The van der Waals surface area contributed by atoms with Crippen molar-refractivity contribution < 1.29 is 9.53 Å². The smallest absolute Gasteiger partial charge is 0.250 e. The van der Waals surface area contributed by atoms with Crippen LogP contribution < -0.4 is 10.2 Å². The number of ether oxygens (including phenoxy) is 1. The average Bonchev–Trinajstić information content (AvgIpc) is 3.00. The van der Waals surface area contributed by atoms with Crippen LogP contribution in [0.2, 0.25) is 0 Å². The molecular weight excluding hydrogens is 348 g/mol. The van der Waals surface area contributed by atoms with Gasteiger partial charge in [-0.3, -0.25) is 4.79 Å². The van der Waals surface area contributed by atoms with Gasteiger partial charge in [0.25, 0.3) is 5.91 Å². The summed E-state index contributed by atoms with van der Waals surface area (Å²) in [5, 5.41) is 4.97. The third-order valence-corrected chi connectivity index (χ3v) is 4.94. The number of hydrogen-bond acceptors (Lipinski definition) is 5. The largest absolute Gasteiger partial charge is 0.497 e. The van der Waals surface area contributed by atoms with Gasteiger partial charge in [0.1, 0.15) is 5.75 Å².